The van der Waals surface area contributed by atoms with Gasteiger partial charge in [-0.05, 0) is 25.0 Å². The van der Waals surface area contributed by atoms with E-state index in [1.807, 2.05) is 0 Å². The molecule has 0 aromatic heterocycles. The van der Waals surface area contributed by atoms with Gasteiger partial charge in [0.05, 0.1) is 53.2 Å². The first-order valence-corrected chi connectivity index (χ1v) is 18.0. The Kier molecular flexibility index (Phi) is 19.3. The van der Waals surface area contributed by atoms with E-state index in [1.165, 1.54) is 0 Å². The van der Waals surface area contributed by atoms with Gasteiger partial charge in [-0.3, -0.25) is 0 Å². The lowest BCUT2D eigenvalue weighted by atomic mass is 10.1. The second kappa shape index (κ2) is 22.5. The molecule has 0 amide bonds. The molecule has 2 rings (SSSR count). The summed E-state index contributed by atoms with van der Waals surface area (Å²) in [5, 5.41) is 55.8. The topological polar surface area (TPSA) is 139 Å². The monoisotopic (exact) mass is 686 g/mol. The van der Waals surface area contributed by atoms with Crippen molar-refractivity contribution in [3.63, 3.8) is 0 Å². The van der Waals surface area contributed by atoms with Gasteiger partial charge < -0.3 is 34.6 Å². The molecule has 0 saturated carbocycles. The minimum Gasteiger partial charge on any atom is -0.854 e. The van der Waals surface area contributed by atoms with Crippen molar-refractivity contribution in [2.75, 3.05) is 67.7 Å². The minimum atomic E-state index is -0.527. The van der Waals surface area contributed by atoms with Gasteiger partial charge in [-0.25, -0.2) is 9.18 Å². The Bertz CT molecular complexity index is 1170. The highest BCUT2D eigenvalue weighted by Crippen LogP contribution is 2.20. The van der Waals surface area contributed by atoms with Gasteiger partial charge in [-0.15, -0.1) is 0 Å². The van der Waals surface area contributed by atoms with E-state index in [0.29, 0.717) is 48.6 Å². The third-order valence-corrected chi connectivity index (χ3v) is 8.03. The van der Waals surface area contributed by atoms with Crippen LogP contribution in [0.25, 0.3) is 0 Å². The number of hydrogen-bond donors (Lipinski definition) is 2. The van der Waals surface area contributed by atoms with Gasteiger partial charge >= 0.3 is 0 Å². The summed E-state index contributed by atoms with van der Waals surface area (Å²) in [6.45, 7) is 5.96. The molecular weight excluding hydrogens is 624 g/mol. The Hall–Kier alpha value is -3.22. The summed E-state index contributed by atoms with van der Waals surface area (Å²) in [5.41, 5.74) is 0.703. The number of benzene rings is 2. The molecule has 0 fully saturated rings. The third kappa shape index (κ3) is 17.3. The number of likely N-dealkylation sites (N-methyl/N-ethyl adjacent to an activating group) is 2. The smallest absolute Gasteiger partial charge is 0.129 e. The lowest BCUT2D eigenvalue weighted by Gasteiger charge is -2.28. The molecule has 2 aromatic rings. The van der Waals surface area contributed by atoms with Crippen molar-refractivity contribution in [1.29, 1.82) is 0 Å². The molecule has 0 aliphatic rings. The van der Waals surface area contributed by atoms with E-state index in [0.717, 1.165) is 51.4 Å². The van der Waals surface area contributed by atoms with Crippen molar-refractivity contribution in [2.45, 2.75) is 90.3 Å². The molecule has 0 saturated heterocycles. The fraction of sp³-hybridized carbons (Fsp3) is 0.632. The quantitative estimate of drug-likeness (QED) is 0.0501. The third-order valence-electron chi connectivity index (χ3n) is 8.03. The van der Waals surface area contributed by atoms with Crippen LogP contribution in [0.15, 0.2) is 58.7 Å². The lowest BCUT2D eigenvalue weighted by molar-refractivity contribution is -0.901. The van der Waals surface area contributed by atoms with Gasteiger partial charge in [-0.1, -0.05) is 112 Å². The summed E-state index contributed by atoms with van der Waals surface area (Å²) in [6, 6.07) is 13.9. The number of nitrogens with zero attached hydrogens (tertiary/aromatic N) is 4. The number of para-hydroxylation sites is 2. The molecule has 0 spiro atoms. The van der Waals surface area contributed by atoms with Crippen LogP contribution in [0.3, 0.4) is 0 Å². The van der Waals surface area contributed by atoms with Gasteiger partial charge in [0.15, 0.2) is 0 Å². The summed E-state index contributed by atoms with van der Waals surface area (Å²) in [4.78, 5) is 0. The Morgan fingerprint density at radius 1 is 0.612 bits per heavy atom. The minimum absolute atomic E-state index is 0.0211. The Balaban J connectivity index is 1.84. The molecule has 0 bridgehead atoms. The van der Waals surface area contributed by atoms with Crippen LogP contribution in [0.2, 0.25) is 0 Å². The molecule has 11 heteroatoms. The van der Waals surface area contributed by atoms with Crippen LogP contribution in [-0.2, 0) is 4.74 Å². The summed E-state index contributed by atoms with van der Waals surface area (Å²) in [6.07, 6.45) is 9.03. The average Bonchev–Trinajstić information content (AvgIpc) is 3.04. The highest BCUT2D eigenvalue weighted by molar-refractivity contribution is 5.93. The summed E-state index contributed by atoms with van der Waals surface area (Å²) >= 11 is 0. The molecule has 11 nitrogen and oxygen atoms in total. The number of aliphatic hydroxyl groups is 2. The molecule has 2 N–H and O–H groups in total. The van der Waals surface area contributed by atoms with E-state index in [4.69, 9.17) is 14.2 Å². The number of hydrogen-bond acceptors (Lipinski definition) is 9. The summed E-state index contributed by atoms with van der Waals surface area (Å²) in [5.74, 6) is 0.0122. The maximum atomic E-state index is 13.1. The van der Waals surface area contributed by atoms with E-state index in [2.05, 4.69) is 24.1 Å². The molecule has 0 heterocycles. The maximum absolute atomic E-state index is 13.1. The zero-order valence-corrected chi connectivity index (χ0v) is 30.8. The van der Waals surface area contributed by atoms with Crippen molar-refractivity contribution in [2.24, 2.45) is 10.2 Å². The van der Waals surface area contributed by atoms with Crippen LogP contribution in [-0.4, -0.2) is 111 Å². The van der Waals surface area contributed by atoms with Gasteiger partial charge in [-0.2, -0.15) is 0 Å². The number of rotatable bonds is 26. The van der Waals surface area contributed by atoms with Crippen LogP contribution >= 0.6 is 0 Å². The predicted molar refractivity (Wildman–Crippen MR) is 191 cm³/mol. The van der Waals surface area contributed by atoms with Crippen LogP contribution in [0.5, 0.6) is 11.5 Å². The molecule has 2 aromatic carbocycles. The largest absolute Gasteiger partial charge is 0.854 e. The van der Waals surface area contributed by atoms with E-state index >= 15 is 0 Å². The Labute approximate surface area is 294 Å². The van der Waals surface area contributed by atoms with Crippen LogP contribution in [0, 0.1) is 0 Å². The number of quaternary nitrogens is 2. The highest BCUT2D eigenvalue weighted by Gasteiger charge is 2.22. The molecule has 0 radical (unpaired) electrons. The molecule has 2 atom stereocenters. The molecule has 0 aliphatic heterocycles. The van der Waals surface area contributed by atoms with E-state index in [1.54, 1.807) is 76.7 Å². The molecule has 49 heavy (non-hydrogen) atoms. The average molecular weight is 687 g/mol. The second-order valence-corrected chi connectivity index (χ2v) is 13.7. The fourth-order valence-corrected chi connectivity index (χ4v) is 5.57. The fourth-order valence-electron chi connectivity index (χ4n) is 5.57. The summed E-state index contributed by atoms with van der Waals surface area (Å²) in [7, 11) is 7.21. The van der Waals surface area contributed by atoms with Crippen LogP contribution in [0.1, 0.15) is 89.2 Å². The lowest BCUT2D eigenvalue weighted by Crippen LogP contribution is -2.43. The zero-order valence-electron chi connectivity index (χ0n) is 30.8. The van der Waals surface area contributed by atoms with Gasteiger partial charge in [0.1, 0.15) is 50.0 Å². The number of aliphatic hydroxyl groups excluding tert-OH is 2. The van der Waals surface area contributed by atoms with E-state index < -0.39 is 24.0 Å². The van der Waals surface area contributed by atoms with Crippen molar-refractivity contribution < 1.29 is 43.8 Å². The molecule has 0 aliphatic carbocycles. The first kappa shape index (κ1) is 41.9. The van der Waals surface area contributed by atoms with Gasteiger partial charge in [0.25, 0.3) is 0 Å². The normalized spacial score (nSPS) is 14.1. The SMILES string of the molecule is CCCCCCC(O)C[N+](C)(C)/N=C(\[O-])c1ccccc1OCCOCCOc1ccccc1/C([O-])=N/[N+](C)(C)CC(O)CCCCCC. The predicted octanol–water partition coefficient (Wildman–Crippen LogP) is 4.02. The molecule has 276 valence electrons. The second-order valence-electron chi connectivity index (χ2n) is 13.7. The zero-order chi connectivity index (χ0) is 36.1. The first-order valence-electron chi connectivity index (χ1n) is 18.0. The highest BCUT2D eigenvalue weighted by atomic mass is 16.5. The Morgan fingerprint density at radius 3 is 1.39 bits per heavy atom. The Morgan fingerprint density at radius 2 is 1.00 bits per heavy atom. The van der Waals surface area contributed by atoms with E-state index in [-0.39, 0.29) is 35.6 Å². The standard InChI is InChI=1S/C38H62N4O7/c1-7-9-11-13-19-31(43)29-41(3,4)39-37(45)33-21-15-17-23-35(33)48-27-25-47-26-28-49-36-24-18-16-22-34(36)38(46)40-42(5,6)30-32(44)20-14-12-10-8-2/h15-18,21-24,31-32,43-44H,7-14,19-20,25-30H2,1-6H3. The van der Waals surface area contributed by atoms with Crippen LogP contribution in [0.4, 0.5) is 0 Å². The van der Waals surface area contributed by atoms with Crippen molar-refractivity contribution in [1.82, 2.24) is 0 Å². The van der Waals surface area contributed by atoms with Crippen molar-refractivity contribution in [3.8, 4) is 11.5 Å². The van der Waals surface area contributed by atoms with Crippen molar-refractivity contribution >= 4 is 11.8 Å². The first-order chi connectivity index (χ1) is 23.4. The van der Waals surface area contributed by atoms with Gasteiger partial charge in [0, 0.05) is 11.1 Å². The van der Waals surface area contributed by atoms with Crippen LogP contribution < -0.4 is 19.7 Å². The summed E-state index contributed by atoms with van der Waals surface area (Å²) < 4.78 is 17.5. The molecular formula is C38H62N4O7. The van der Waals surface area contributed by atoms with Crippen molar-refractivity contribution in [3.05, 3.63) is 59.7 Å². The maximum Gasteiger partial charge on any atom is 0.129 e. The van der Waals surface area contributed by atoms with Gasteiger partial charge in [0.2, 0.25) is 0 Å². The number of ether oxygens (including phenoxy) is 3. The number of unbranched alkanes of at least 4 members (excludes halogenated alkanes) is 6. The molecule has 2 unspecified atom stereocenters. The van der Waals surface area contributed by atoms with E-state index in [9.17, 15) is 20.4 Å².